The highest BCUT2D eigenvalue weighted by Crippen LogP contribution is 2.06. The summed E-state index contributed by atoms with van der Waals surface area (Å²) in [6, 6.07) is 0. The van der Waals surface area contributed by atoms with Crippen molar-refractivity contribution in [3.8, 4) is 0 Å². The van der Waals surface area contributed by atoms with E-state index >= 15 is 0 Å². The Kier molecular flexibility index (Phi) is 10.7. The number of carbonyl (C=O) groups is 1. The molecule has 0 atom stereocenters. The number of hydrogen-bond acceptors (Lipinski definition) is 6. The third-order valence-corrected chi connectivity index (χ3v) is 2.26. The maximum Gasteiger partial charge on any atom is 0.249 e. The Morgan fingerprint density at radius 2 is 1.37 bits per heavy atom. The molecule has 0 unspecified atom stereocenters. The van der Waals surface area contributed by atoms with Crippen LogP contribution in [0.5, 0.6) is 0 Å². The monoisotopic (exact) mass is 279 g/mol. The maximum absolute atomic E-state index is 10.9. The number of hydrogen-bond donors (Lipinski definition) is 2. The molecule has 0 aromatic heterocycles. The van der Waals surface area contributed by atoms with Gasteiger partial charge in [-0.1, -0.05) is 0 Å². The van der Waals surface area contributed by atoms with Crippen LogP contribution in [-0.4, -0.2) is 69.5 Å². The maximum atomic E-state index is 10.9. The summed E-state index contributed by atoms with van der Waals surface area (Å²) in [6.07, 6.45) is 0. The van der Waals surface area contributed by atoms with Gasteiger partial charge in [-0.15, -0.1) is 0 Å². The summed E-state index contributed by atoms with van der Waals surface area (Å²) >= 11 is 0. The summed E-state index contributed by atoms with van der Waals surface area (Å²) in [6.45, 7) is 6.08. The van der Waals surface area contributed by atoms with E-state index in [9.17, 15) is 4.79 Å². The second-order valence-corrected chi connectivity index (χ2v) is 4.28. The van der Waals surface area contributed by atoms with Crippen LogP contribution in [0.1, 0.15) is 13.8 Å². The quantitative estimate of drug-likeness (QED) is 0.433. The standard InChI is InChI=1S/C12H25NO6/c1-12(2,11(13)15)19-10-9-18-8-7-17-6-5-16-4-3-14/h14H,3-10H2,1-2H3,(H2,13,15). The molecule has 0 spiro atoms. The van der Waals surface area contributed by atoms with Crippen LogP contribution in [0, 0.1) is 0 Å². The first-order valence-electron chi connectivity index (χ1n) is 6.28. The predicted molar refractivity (Wildman–Crippen MR) is 68.8 cm³/mol. The van der Waals surface area contributed by atoms with E-state index in [0.717, 1.165) is 0 Å². The molecular weight excluding hydrogens is 254 g/mol. The molecule has 0 bridgehead atoms. The Bertz CT molecular complexity index is 234. The summed E-state index contributed by atoms with van der Waals surface area (Å²) in [5.74, 6) is -0.501. The van der Waals surface area contributed by atoms with E-state index in [1.165, 1.54) is 0 Å². The van der Waals surface area contributed by atoms with Crippen molar-refractivity contribution in [1.29, 1.82) is 0 Å². The lowest BCUT2D eigenvalue weighted by molar-refractivity contribution is -0.141. The Hall–Kier alpha value is -0.730. The average Bonchev–Trinajstić information content (AvgIpc) is 2.35. The minimum Gasteiger partial charge on any atom is -0.394 e. The topological polar surface area (TPSA) is 100 Å². The number of amides is 1. The van der Waals surface area contributed by atoms with E-state index in [1.54, 1.807) is 13.8 Å². The molecule has 0 rings (SSSR count). The molecule has 7 nitrogen and oxygen atoms in total. The molecule has 1 amide bonds. The minimum atomic E-state index is -0.968. The number of primary amides is 1. The van der Waals surface area contributed by atoms with Gasteiger partial charge in [0.15, 0.2) is 0 Å². The van der Waals surface area contributed by atoms with Crippen molar-refractivity contribution in [3.63, 3.8) is 0 Å². The van der Waals surface area contributed by atoms with Crippen LogP contribution in [0.15, 0.2) is 0 Å². The van der Waals surface area contributed by atoms with Gasteiger partial charge in [0.2, 0.25) is 5.91 Å². The molecule has 0 saturated carbocycles. The minimum absolute atomic E-state index is 0.0186. The van der Waals surface area contributed by atoms with Gasteiger partial charge in [-0.2, -0.15) is 0 Å². The van der Waals surface area contributed by atoms with Crippen LogP contribution >= 0.6 is 0 Å². The van der Waals surface area contributed by atoms with E-state index < -0.39 is 11.5 Å². The van der Waals surface area contributed by atoms with Gasteiger partial charge in [-0.3, -0.25) is 4.79 Å². The van der Waals surface area contributed by atoms with E-state index in [4.69, 9.17) is 29.8 Å². The van der Waals surface area contributed by atoms with E-state index in [-0.39, 0.29) is 6.61 Å². The van der Waals surface area contributed by atoms with Crippen molar-refractivity contribution in [3.05, 3.63) is 0 Å². The number of aliphatic hydroxyl groups is 1. The van der Waals surface area contributed by atoms with Crippen LogP contribution in [0.25, 0.3) is 0 Å². The van der Waals surface area contributed by atoms with Crippen LogP contribution in [0.3, 0.4) is 0 Å². The van der Waals surface area contributed by atoms with Gasteiger partial charge in [0.1, 0.15) is 5.60 Å². The van der Waals surface area contributed by atoms with Gasteiger partial charge in [-0.25, -0.2) is 0 Å². The highest BCUT2D eigenvalue weighted by Gasteiger charge is 2.25. The SMILES string of the molecule is CC(C)(OCCOCCOCCOCCO)C(N)=O. The molecule has 19 heavy (non-hydrogen) atoms. The fourth-order valence-corrected chi connectivity index (χ4v) is 1.03. The molecule has 0 aliphatic rings. The van der Waals surface area contributed by atoms with Crippen molar-refractivity contribution in [2.24, 2.45) is 5.73 Å². The summed E-state index contributed by atoms with van der Waals surface area (Å²) in [5, 5.41) is 8.45. The number of nitrogens with two attached hydrogens (primary N) is 1. The van der Waals surface area contributed by atoms with Gasteiger partial charge in [0.05, 0.1) is 52.9 Å². The van der Waals surface area contributed by atoms with Crippen LogP contribution in [-0.2, 0) is 23.7 Å². The molecule has 7 heteroatoms. The lowest BCUT2D eigenvalue weighted by atomic mass is 10.1. The van der Waals surface area contributed by atoms with Crippen molar-refractivity contribution >= 4 is 5.91 Å². The second-order valence-electron chi connectivity index (χ2n) is 4.28. The third kappa shape index (κ3) is 10.8. The third-order valence-electron chi connectivity index (χ3n) is 2.26. The molecule has 0 radical (unpaired) electrons. The van der Waals surface area contributed by atoms with Crippen LogP contribution in [0.4, 0.5) is 0 Å². The van der Waals surface area contributed by atoms with Crippen molar-refractivity contribution in [2.75, 3.05) is 52.9 Å². The molecule has 0 heterocycles. The Morgan fingerprint density at radius 1 is 0.947 bits per heavy atom. The van der Waals surface area contributed by atoms with Crippen LogP contribution < -0.4 is 5.73 Å². The molecule has 114 valence electrons. The molecule has 0 fully saturated rings. The van der Waals surface area contributed by atoms with Crippen molar-refractivity contribution in [1.82, 2.24) is 0 Å². The smallest absolute Gasteiger partial charge is 0.249 e. The molecule has 0 saturated heterocycles. The first-order valence-corrected chi connectivity index (χ1v) is 6.28. The molecule has 0 aromatic carbocycles. The van der Waals surface area contributed by atoms with Crippen molar-refractivity contribution < 1.29 is 28.8 Å². The highest BCUT2D eigenvalue weighted by molar-refractivity contribution is 5.82. The van der Waals surface area contributed by atoms with Gasteiger partial charge < -0.3 is 29.8 Å². The zero-order chi connectivity index (χ0) is 14.6. The first kappa shape index (κ1) is 18.3. The van der Waals surface area contributed by atoms with Crippen LogP contribution in [0.2, 0.25) is 0 Å². The van der Waals surface area contributed by atoms with Crippen molar-refractivity contribution in [2.45, 2.75) is 19.4 Å². The lowest BCUT2D eigenvalue weighted by Gasteiger charge is -2.21. The van der Waals surface area contributed by atoms with Gasteiger partial charge >= 0.3 is 0 Å². The van der Waals surface area contributed by atoms with E-state index in [2.05, 4.69) is 0 Å². The summed E-state index contributed by atoms with van der Waals surface area (Å²) in [7, 11) is 0. The predicted octanol–water partition coefficient (Wildman–Crippen LogP) is -0.691. The lowest BCUT2D eigenvalue weighted by Crippen LogP contribution is -2.41. The molecule has 0 aliphatic heterocycles. The zero-order valence-corrected chi connectivity index (χ0v) is 11.7. The van der Waals surface area contributed by atoms with Gasteiger partial charge in [0, 0.05) is 0 Å². The van der Waals surface area contributed by atoms with E-state index in [0.29, 0.717) is 46.2 Å². The number of carbonyl (C=O) groups excluding carboxylic acids is 1. The van der Waals surface area contributed by atoms with Gasteiger partial charge in [-0.05, 0) is 13.8 Å². The number of ether oxygens (including phenoxy) is 4. The summed E-state index contributed by atoms with van der Waals surface area (Å²) in [4.78, 5) is 10.9. The first-order chi connectivity index (χ1) is 9.00. The summed E-state index contributed by atoms with van der Waals surface area (Å²) in [5.41, 5.74) is 4.18. The fraction of sp³-hybridized carbons (Fsp3) is 0.917. The Balaban J connectivity index is 3.21. The average molecular weight is 279 g/mol. The van der Waals surface area contributed by atoms with E-state index in [1.807, 2.05) is 0 Å². The molecule has 0 aliphatic carbocycles. The normalized spacial score (nSPS) is 11.7. The fourth-order valence-electron chi connectivity index (χ4n) is 1.03. The molecule has 3 N–H and O–H groups in total. The highest BCUT2D eigenvalue weighted by atomic mass is 16.6. The number of aliphatic hydroxyl groups excluding tert-OH is 1. The largest absolute Gasteiger partial charge is 0.394 e. The Morgan fingerprint density at radius 3 is 1.79 bits per heavy atom. The number of rotatable bonds is 13. The molecule has 0 aromatic rings. The van der Waals surface area contributed by atoms with Gasteiger partial charge in [0.25, 0.3) is 0 Å². The second kappa shape index (κ2) is 11.1. The Labute approximate surface area is 114 Å². The summed E-state index contributed by atoms with van der Waals surface area (Å²) < 4.78 is 20.8. The molecular formula is C12H25NO6. The zero-order valence-electron chi connectivity index (χ0n) is 11.7.